The third kappa shape index (κ3) is 2.95. The molecule has 0 aromatic heterocycles. The lowest BCUT2D eigenvalue weighted by Gasteiger charge is -2.30. The van der Waals surface area contributed by atoms with E-state index in [4.69, 9.17) is 4.74 Å². The molecular formula is C17H20OS. The van der Waals surface area contributed by atoms with Gasteiger partial charge in [0.05, 0.1) is 11.9 Å². The number of hydrogen-bond acceptors (Lipinski definition) is 2. The molecule has 1 nitrogen and oxygen atoms in total. The summed E-state index contributed by atoms with van der Waals surface area (Å²) in [5.74, 6) is 1.98. The number of ether oxygens (including phenoxy) is 1. The number of methoxy groups -OCH3 is 1. The Morgan fingerprint density at radius 1 is 0.947 bits per heavy atom. The molecule has 2 heteroatoms. The van der Waals surface area contributed by atoms with Gasteiger partial charge in [0.15, 0.2) is 0 Å². The normalized spacial score (nSPS) is 13.8. The number of rotatable bonds is 5. The average Bonchev–Trinajstić information content (AvgIpc) is 2.48. The lowest BCUT2D eigenvalue weighted by molar-refractivity contribution is 0.414. The third-order valence-electron chi connectivity index (χ3n) is 3.40. The van der Waals surface area contributed by atoms with Gasteiger partial charge >= 0.3 is 0 Å². The highest BCUT2D eigenvalue weighted by Crippen LogP contribution is 2.42. The van der Waals surface area contributed by atoms with Gasteiger partial charge in [0, 0.05) is 0 Å². The zero-order valence-corrected chi connectivity index (χ0v) is 12.5. The van der Waals surface area contributed by atoms with Gasteiger partial charge in [-0.15, -0.1) is 11.8 Å². The van der Waals surface area contributed by atoms with Crippen molar-refractivity contribution in [2.75, 3.05) is 12.9 Å². The van der Waals surface area contributed by atoms with E-state index in [0.717, 1.165) is 11.5 Å². The molecule has 0 aliphatic carbocycles. The molecule has 0 radical (unpaired) electrons. The summed E-state index contributed by atoms with van der Waals surface area (Å²) >= 11 is 1.96. The SMILES string of the molecule is CCS[C@@](C)(c1ccccc1)c1ccc(OC)cc1. The van der Waals surface area contributed by atoms with Crippen LogP contribution in [-0.4, -0.2) is 12.9 Å². The molecule has 1 atom stereocenters. The minimum Gasteiger partial charge on any atom is -0.497 e. The van der Waals surface area contributed by atoms with Crippen molar-refractivity contribution in [2.24, 2.45) is 0 Å². The Balaban J connectivity index is 2.43. The molecule has 0 N–H and O–H groups in total. The number of benzene rings is 2. The topological polar surface area (TPSA) is 9.23 Å². The highest BCUT2D eigenvalue weighted by molar-refractivity contribution is 8.00. The molecule has 0 spiro atoms. The van der Waals surface area contributed by atoms with Gasteiger partial charge in [-0.3, -0.25) is 0 Å². The summed E-state index contributed by atoms with van der Waals surface area (Å²) in [5, 5.41) is 0. The first-order chi connectivity index (χ1) is 9.20. The molecule has 0 unspecified atom stereocenters. The first-order valence-electron chi connectivity index (χ1n) is 6.54. The summed E-state index contributed by atoms with van der Waals surface area (Å²) in [6.45, 7) is 4.49. The van der Waals surface area contributed by atoms with Crippen molar-refractivity contribution in [2.45, 2.75) is 18.6 Å². The summed E-state index contributed by atoms with van der Waals surface area (Å²) < 4.78 is 5.23. The molecule has 2 aromatic carbocycles. The minimum atomic E-state index is -0.0116. The maximum absolute atomic E-state index is 5.24. The number of hydrogen-bond donors (Lipinski definition) is 0. The zero-order valence-electron chi connectivity index (χ0n) is 11.7. The average molecular weight is 272 g/mol. The van der Waals surface area contributed by atoms with Crippen LogP contribution in [0.4, 0.5) is 0 Å². The molecule has 0 aliphatic heterocycles. The van der Waals surface area contributed by atoms with E-state index >= 15 is 0 Å². The van der Waals surface area contributed by atoms with Gasteiger partial charge in [0.1, 0.15) is 5.75 Å². The second-order valence-electron chi connectivity index (χ2n) is 4.56. The summed E-state index contributed by atoms with van der Waals surface area (Å²) in [5.41, 5.74) is 2.65. The highest BCUT2D eigenvalue weighted by Gasteiger charge is 2.28. The smallest absolute Gasteiger partial charge is 0.118 e. The van der Waals surface area contributed by atoms with Crippen LogP contribution in [0.3, 0.4) is 0 Å². The second-order valence-corrected chi connectivity index (χ2v) is 6.24. The third-order valence-corrected chi connectivity index (χ3v) is 4.74. The first kappa shape index (κ1) is 14.0. The fourth-order valence-corrected chi connectivity index (χ4v) is 3.47. The van der Waals surface area contributed by atoms with Crippen LogP contribution in [0, 0.1) is 0 Å². The van der Waals surface area contributed by atoms with Crippen molar-refractivity contribution < 1.29 is 4.74 Å². The van der Waals surface area contributed by atoms with E-state index in [1.807, 2.05) is 23.9 Å². The van der Waals surface area contributed by atoms with E-state index in [-0.39, 0.29) is 4.75 Å². The van der Waals surface area contributed by atoms with Crippen molar-refractivity contribution in [3.63, 3.8) is 0 Å². The Bertz CT molecular complexity index is 507. The molecule has 0 aliphatic rings. The van der Waals surface area contributed by atoms with Gasteiger partial charge in [-0.1, -0.05) is 49.4 Å². The summed E-state index contributed by atoms with van der Waals surface area (Å²) in [6.07, 6.45) is 0. The Morgan fingerprint density at radius 2 is 1.53 bits per heavy atom. The lowest BCUT2D eigenvalue weighted by Crippen LogP contribution is -2.19. The molecule has 19 heavy (non-hydrogen) atoms. The predicted octanol–water partition coefficient (Wildman–Crippen LogP) is 4.71. The second kappa shape index (κ2) is 6.16. The summed E-state index contributed by atoms with van der Waals surface area (Å²) in [7, 11) is 1.70. The van der Waals surface area contributed by atoms with Crippen molar-refractivity contribution in [3.05, 3.63) is 65.7 Å². The first-order valence-corrected chi connectivity index (χ1v) is 7.53. The van der Waals surface area contributed by atoms with Crippen molar-refractivity contribution >= 4 is 11.8 Å². The highest BCUT2D eigenvalue weighted by atomic mass is 32.2. The van der Waals surface area contributed by atoms with Gasteiger partial charge < -0.3 is 4.74 Å². The zero-order chi connectivity index (χ0) is 13.7. The van der Waals surface area contributed by atoms with E-state index in [1.165, 1.54) is 11.1 Å². The molecule has 0 bridgehead atoms. The molecule has 100 valence electrons. The molecule has 0 fully saturated rings. The molecule has 0 amide bonds. The molecule has 2 rings (SSSR count). The Morgan fingerprint density at radius 3 is 2.05 bits per heavy atom. The van der Waals surface area contributed by atoms with Gasteiger partial charge in [-0.25, -0.2) is 0 Å². The van der Waals surface area contributed by atoms with E-state index < -0.39 is 0 Å². The van der Waals surface area contributed by atoms with Crippen molar-refractivity contribution in [3.8, 4) is 5.75 Å². The molecular weight excluding hydrogens is 252 g/mol. The Kier molecular flexibility index (Phi) is 4.54. The maximum atomic E-state index is 5.24. The van der Waals surface area contributed by atoms with Gasteiger partial charge in [0.2, 0.25) is 0 Å². The van der Waals surface area contributed by atoms with Crippen LogP contribution in [0.1, 0.15) is 25.0 Å². The molecule has 0 saturated carbocycles. The maximum Gasteiger partial charge on any atom is 0.118 e. The van der Waals surface area contributed by atoms with E-state index in [1.54, 1.807) is 7.11 Å². The van der Waals surface area contributed by atoms with Crippen LogP contribution in [0.25, 0.3) is 0 Å². The van der Waals surface area contributed by atoms with Crippen LogP contribution in [0.5, 0.6) is 5.75 Å². The fraction of sp³-hybridized carbons (Fsp3) is 0.294. The van der Waals surface area contributed by atoms with Gasteiger partial charge in [-0.05, 0) is 35.9 Å². The quantitative estimate of drug-likeness (QED) is 0.779. The van der Waals surface area contributed by atoms with E-state index in [2.05, 4.69) is 56.3 Å². The summed E-state index contributed by atoms with van der Waals surface area (Å²) in [6, 6.07) is 19.1. The monoisotopic (exact) mass is 272 g/mol. The Labute approximate surface area is 120 Å². The Hall–Kier alpha value is -1.41. The van der Waals surface area contributed by atoms with E-state index in [9.17, 15) is 0 Å². The molecule has 0 heterocycles. The van der Waals surface area contributed by atoms with Gasteiger partial charge in [-0.2, -0.15) is 0 Å². The van der Waals surface area contributed by atoms with Crippen molar-refractivity contribution in [1.82, 2.24) is 0 Å². The predicted molar refractivity (Wildman–Crippen MR) is 84.0 cm³/mol. The number of thioether (sulfide) groups is 1. The van der Waals surface area contributed by atoms with Crippen LogP contribution < -0.4 is 4.74 Å². The minimum absolute atomic E-state index is 0.0116. The standard InChI is InChI=1S/C17H20OS/c1-4-19-17(2,14-8-6-5-7-9-14)15-10-12-16(18-3)13-11-15/h5-13H,4H2,1-3H3/t17-/m0/s1. The summed E-state index contributed by atoms with van der Waals surface area (Å²) in [4.78, 5) is 0. The van der Waals surface area contributed by atoms with Crippen LogP contribution in [0.2, 0.25) is 0 Å². The van der Waals surface area contributed by atoms with Gasteiger partial charge in [0.25, 0.3) is 0 Å². The lowest BCUT2D eigenvalue weighted by atomic mass is 9.92. The molecule has 0 saturated heterocycles. The largest absolute Gasteiger partial charge is 0.497 e. The van der Waals surface area contributed by atoms with Crippen LogP contribution >= 0.6 is 11.8 Å². The fourth-order valence-electron chi connectivity index (χ4n) is 2.29. The molecule has 2 aromatic rings. The van der Waals surface area contributed by atoms with Crippen LogP contribution in [0.15, 0.2) is 54.6 Å². The van der Waals surface area contributed by atoms with Crippen molar-refractivity contribution in [1.29, 1.82) is 0 Å². The van der Waals surface area contributed by atoms with E-state index in [0.29, 0.717) is 0 Å². The van der Waals surface area contributed by atoms with Crippen LogP contribution in [-0.2, 0) is 4.75 Å².